The van der Waals surface area contributed by atoms with E-state index in [1.54, 1.807) is 0 Å². The van der Waals surface area contributed by atoms with E-state index in [1.165, 1.54) is 49.4 Å². The average molecular weight is 781 g/mol. The molecule has 3 aromatic heterocycles. The van der Waals surface area contributed by atoms with Gasteiger partial charge in [0.25, 0.3) is 0 Å². The molecule has 0 N–H and O–H groups in total. The molecule has 61 heavy (non-hydrogen) atoms. The zero-order valence-electron chi connectivity index (χ0n) is 33.5. The summed E-state index contributed by atoms with van der Waals surface area (Å²) < 4.78 is 8.74. The third-order valence-electron chi connectivity index (χ3n) is 13.0. The zero-order chi connectivity index (χ0) is 40.4. The summed E-state index contributed by atoms with van der Waals surface area (Å²) in [6, 6.07) is 64.7. The molecular weight excluding hydrogens is 745 g/mol. The molecule has 3 heterocycles. The predicted octanol–water partition coefficient (Wildman–Crippen LogP) is 14.5. The Balaban J connectivity index is 1.19. The number of hydrogen-bond donors (Lipinski definition) is 0. The van der Waals surface area contributed by atoms with Crippen molar-refractivity contribution < 1.29 is 4.42 Å². The van der Waals surface area contributed by atoms with Gasteiger partial charge in [-0.1, -0.05) is 178 Å². The molecule has 5 heteroatoms. The van der Waals surface area contributed by atoms with Crippen LogP contribution in [0.4, 0.5) is 0 Å². The summed E-state index contributed by atoms with van der Waals surface area (Å²) in [7, 11) is 0. The van der Waals surface area contributed by atoms with Crippen LogP contribution in [0.3, 0.4) is 0 Å². The Morgan fingerprint density at radius 3 is 1.80 bits per heavy atom. The molecule has 286 valence electrons. The van der Waals surface area contributed by atoms with Crippen LogP contribution < -0.4 is 0 Å². The van der Waals surface area contributed by atoms with Crippen molar-refractivity contribution in [3.63, 3.8) is 0 Å². The number of aromatic nitrogens is 4. The molecule has 1 aliphatic carbocycles. The van der Waals surface area contributed by atoms with Crippen LogP contribution in [-0.2, 0) is 5.41 Å². The molecule has 0 amide bonds. The van der Waals surface area contributed by atoms with Crippen molar-refractivity contribution in [2.45, 2.75) is 19.3 Å². The summed E-state index contributed by atoms with van der Waals surface area (Å²) in [5.74, 6) is 1.72. The molecule has 12 aromatic rings. The lowest BCUT2D eigenvalue weighted by molar-refractivity contribution is 0.662. The Labute approximate surface area is 351 Å². The summed E-state index contributed by atoms with van der Waals surface area (Å²) in [5, 5.41) is 9.19. The van der Waals surface area contributed by atoms with Crippen molar-refractivity contribution in [1.82, 2.24) is 19.5 Å². The monoisotopic (exact) mass is 780 g/mol. The fourth-order valence-electron chi connectivity index (χ4n) is 10.4. The average Bonchev–Trinajstić information content (AvgIpc) is 3.95. The predicted molar refractivity (Wildman–Crippen MR) is 250 cm³/mol. The molecule has 0 bridgehead atoms. The first-order valence-electron chi connectivity index (χ1n) is 20.9. The Morgan fingerprint density at radius 1 is 0.410 bits per heavy atom. The lowest BCUT2D eigenvalue weighted by Gasteiger charge is -2.25. The van der Waals surface area contributed by atoms with Gasteiger partial charge in [0.1, 0.15) is 11.2 Å². The van der Waals surface area contributed by atoms with E-state index < -0.39 is 0 Å². The number of benzene rings is 9. The largest absolute Gasteiger partial charge is 0.456 e. The molecule has 0 spiro atoms. The van der Waals surface area contributed by atoms with Gasteiger partial charge in [0, 0.05) is 49.0 Å². The Bertz CT molecular complexity index is 3800. The van der Waals surface area contributed by atoms with Crippen LogP contribution in [0, 0.1) is 0 Å². The minimum atomic E-state index is -0.225. The quantitative estimate of drug-likeness (QED) is 0.167. The van der Waals surface area contributed by atoms with Gasteiger partial charge < -0.3 is 4.42 Å². The van der Waals surface area contributed by atoms with Gasteiger partial charge >= 0.3 is 0 Å². The summed E-state index contributed by atoms with van der Waals surface area (Å²) >= 11 is 0. The van der Waals surface area contributed by atoms with Gasteiger partial charge in [-0.05, 0) is 62.2 Å². The topological polar surface area (TPSA) is 56.7 Å². The molecule has 0 saturated carbocycles. The highest BCUT2D eigenvalue weighted by Gasteiger charge is 2.38. The van der Waals surface area contributed by atoms with Crippen molar-refractivity contribution in [2.24, 2.45) is 0 Å². The summed E-state index contributed by atoms with van der Waals surface area (Å²) in [6.07, 6.45) is 0. The fraction of sp³-hybridized carbons (Fsp3) is 0.0536. The highest BCUT2D eigenvalue weighted by atomic mass is 16.3. The summed E-state index contributed by atoms with van der Waals surface area (Å²) in [4.78, 5) is 16.1. The summed E-state index contributed by atoms with van der Waals surface area (Å²) in [6.45, 7) is 4.72. The van der Waals surface area contributed by atoms with E-state index in [2.05, 4.69) is 164 Å². The first kappa shape index (κ1) is 34.0. The first-order chi connectivity index (χ1) is 30.0. The Hall–Kier alpha value is -7.89. The third kappa shape index (κ3) is 4.80. The van der Waals surface area contributed by atoms with Gasteiger partial charge in [0.2, 0.25) is 5.95 Å². The van der Waals surface area contributed by atoms with Crippen molar-refractivity contribution in [2.75, 3.05) is 0 Å². The van der Waals surface area contributed by atoms with Gasteiger partial charge in [-0.3, -0.25) is 4.57 Å². The maximum atomic E-state index is 6.40. The highest BCUT2D eigenvalue weighted by Crippen LogP contribution is 2.54. The van der Waals surface area contributed by atoms with Crippen LogP contribution >= 0.6 is 0 Å². The molecule has 0 unspecified atom stereocenters. The Kier molecular flexibility index (Phi) is 7.00. The van der Waals surface area contributed by atoms with Crippen molar-refractivity contribution in [3.8, 4) is 51.0 Å². The second-order valence-electron chi connectivity index (χ2n) is 16.7. The van der Waals surface area contributed by atoms with Crippen LogP contribution in [0.1, 0.15) is 25.0 Å². The molecular formula is C56H36N4O. The molecule has 9 aromatic carbocycles. The first-order valence-corrected chi connectivity index (χ1v) is 20.9. The maximum Gasteiger partial charge on any atom is 0.238 e. The number of rotatable bonds is 4. The van der Waals surface area contributed by atoms with E-state index in [9.17, 15) is 0 Å². The number of fused-ring (bicyclic) bond motifs is 14. The molecule has 1 aliphatic rings. The SMILES string of the molecule is CC1(C)c2ccccc2-c2cccc(-c3cccc4c5c6ccccc6c6ccccc6c5n(-c5nc(-c6ccccc6)nc(-c6ccc7c(c6)oc6ccccc67)n5)c34)c21. The highest BCUT2D eigenvalue weighted by molar-refractivity contribution is 6.33. The van der Waals surface area contributed by atoms with E-state index in [0.29, 0.717) is 17.6 Å². The maximum absolute atomic E-state index is 6.40. The van der Waals surface area contributed by atoms with Gasteiger partial charge in [-0.2, -0.15) is 9.97 Å². The molecule has 13 rings (SSSR count). The zero-order valence-corrected chi connectivity index (χ0v) is 33.5. The number of nitrogens with zero attached hydrogens (tertiary/aromatic N) is 4. The molecule has 0 saturated heterocycles. The van der Waals surface area contributed by atoms with Crippen LogP contribution in [0.5, 0.6) is 0 Å². The van der Waals surface area contributed by atoms with E-state index in [0.717, 1.165) is 60.4 Å². The van der Waals surface area contributed by atoms with E-state index in [1.807, 2.05) is 36.4 Å². The standard InChI is InChI=1S/C56H36N4O/c1-56(2)46-28-12-10-20-37(46)41-24-14-25-42(50(41)56)44-26-15-27-45-49-40-22-8-6-18-35(40)36-19-7-9-23-43(36)52(49)60(51(44)45)55-58-53(33-16-4-3-5-17-33)57-54(59-55)34-30-31-39-38-21-11-13-29-47(38)61-48(39)32-34/h3-32H,1-2H3. The second kappa shape index (κ2) is 12.6. The fourth-order valence-corrected chi connectivity index (χ4v) is 10.4. The molecule has 0 aliphatic heterocycles. The number of para-hydroxylation sites is 2. The lowest BCUT2D eigenvalue weighted by atomic mass is 9.78. The molecule has 5 nitrogen and oxygen atoms in total. The Morgan fingerprint density at radius 2 is 0.984 bits per heavy atom. The van der Waals surface area contributed by atoms with Crippen molar-refractivity contribution in [3.05, 3.63) is 193 Å². The van der Waals surface area contributed by atoms with Crippen LogP contribution in [0.15, 0.2) is 186 Å². The lowest BCUT2D eigenvalue weighted by Crippen LogP contribution is -2.16. The minimum absolute atomic E-state index is 0.225. The van der Waals surface area contributed by atoms with Crippen LogP contribution in [0.2, 0.25) is 0 Å². The summed E-state index contributed by atoms with van der Waals surface area (Å²) in [5.41, 5.74) is 12.9. The number of furan rings is 1. The minimum Gasteiger partial charge on any atom is -0.456 e. The third-order valence-corrected chi connectivity index (χ3v) is 13.0. The van der Waals surface area contributed by atoms with Gasteiger partial charge in [-0.25, -0.2) is 4.98 Å². The van der Waals surface area contributed by atoms with Gasteiger partial charge in [0.05, 0.1) is 11.0 Å². The molecule has 0 atom stereocenters. The van der Waals surface area contributed by atoms with Crippen molar-refractivity contribution in [1.29, 1.82) is 0 Å². The van der Waals surface area contributed by atoms with E-state index in [-0.39, 0.29) is 5.41 Å². The smallest absolute Gasteiger partial charge is 0.238 e. The van der Waals surface area contributed by atoms with Gasteiger partial charge in [-0.15, -0.1) is 0 Å². The van der Waals surface area contributed by atoms with E-state index in [4.69, 9.17) is 19.4 Å². The second-order valence-corrected chi connectivity index (χ2v) is 16.7. The normalized spacial score (nSPS) is 13.2. The van der Waals surface area contributed by atoms with Gasteiger partial charge in [0.15, 0.2) is 11.6 Å². The molecule has 0 fully saturated rings. The van der Waals surface area contributed by atoms with Crippen LogP contribution in [-0.4, -0.2) is 19.5 Å². The van der Waals surface area contributed by atoms with Crippen molar-refractivity contribution >= 4 is 65.3 Å². The molecule has 0 radical (unpaired) electrons. The number of hydrogen-bond acceptors (Lipinski definition) is 4. The van der Waals surface area contributed by atoms with Crippen LogP contribution in [0.25, 0.3) is 116 Å². The van der Waals surface area contributed by atoms with E-state index >= 15 is 0 Å².